The number of carbonyl (C=O) groups is 3. The molecular formula is C32H34ClN3O6. The highest BCUT2D eigenvalue weighted by Crippen LogP contribution is 2.40. The average molecular weight is 592 g/mol. The highest BCUT2D eigenvalue weighted by atomic mass is 35.5. The zero-order valence-electron chi connectivity index (χ0n) is 23.3. The molecule has 1 aliphatic carbocycles. The third kappa shape index (κ3) is 6.79. The van der Waals surface area contributed by atoms with E-state index in [4.69, 9.17) is 26.2 Å². The number of urea groups is 1. The quantitative estimate of drug-likeness (QED) is 0.262. The van der Waals surface area contributed by atoms with Crippen molar-refractivity contribution in [2.24, 2.45) is 5.92 Å². The van der Waals surface area contributed by atoms with E-state index in [9.17, 15) is 14.4 Å². The van der Waals surface area contributed by atoms with Crippen LogP contribution in [0.2, 0.25) is 5.02 Å². The SMILES string of the molecule is COc1cc(CC(=O)N2C(COc3ccc(C(=O)O)cc3)CC3CCCCC32)ccc1NC(=O)Nc1ccccc1Cl. The fourth-order valence-corrected chi connectivity index (χ4v) is 6.22. The number of hydrogen-bond donors (Lipinski definition) is 3. The van der Waals surface area contributed by atoms with Crippen molar-refractivity contribution in [1.82, 2.24) is 4.90 Å². The summed E-state index contributed by atoms with van der Waals surface area (Å²) in [6.07, 6.45) is 5.42. The van der Waals surface area contributed by atoms with Gasteiger partial charge in [0.05, 0.1) is 41.5 Å². The molecule has 3 atom stereocenters. The summed E-state index contributed by atoms with van der Waals surface area (Å²) in [6.45, 7) is 0.345. The number of aromatic carboxylic acids is 1. The minimum absolute atomic E-state index is 0.0263. The van der Waals surface area contributed by atoms with Gasteiger partial charge in [0.2, 0.25) is 5.91 Å². The molecule has 220 valence electrons. The Morgan fingerprint density at radius 3 is 2.45 bits per heavy atom. The van der Waals surface area contributed by atoms with Gasteiger partial charge in [0.15, 0.2) is 0 Å². The molecule has 9 nitrogen and oxygen atoms in total. The van der Waals surface area contributed by atoms with Crippen molar-refractivity contribution in [3.8, 4) is 11.5 Å². The fraction of sp³-hybridized carbons (Fsp3) is 0.344. The van der Waals surface area contributed by atoms with Crippen LogP contribution in [0.25, 0.3) is 0 Å². The number of amides is 3. The molecule has 3 aromatic rings. The lowest BCUT2D eigenvalue weighted by Gasteiger charge is -2.34. The number of carboxylic acid groups (broad SMARTS) is 1. The number of carbonyl (C=O) groups excluding carboxylic acids is 2. The molecule has 1 aliphatic heterocycles. The second kappa shape index (κ2) is 13.2. The summed E-state index contributed by atoms with van der Waals surface area (Å²) in [5, 5.41) is 15.1. The van der Waals surface area contributed by atoms with Crippen LogP contribution in [0.1, 0.15) is 48.0 Å². The van der Waals surface area contributed by atoms with Gasteiger partial charge >= 0.3 is 12.0 Å². The largest absolute Gasteiger partial charge is 0.495 e. The number of benzene rings is 3. The van der Waals surface area contributed by atoms with Crippen molar-refractivity contribution in [2.75, 3.05) is 24.4 Å². The Morgan fingerprint density at radius 2 is 1.71 bits per heavy atom. The van der Waals surface area contributed by atoms with Crippen molar-refractivity contribution < 1.29 is 29.0 Å². The van der Waals surface area contributed by atoms with Crippen molar-refractivity contribution in [3.63, 3.8) is 0 Å². The number of rotatable bonds is 9. The number of para-hydroxylation sites is 1. The molecule has 0 aromatic heterocycles. The molecule has 3 N–H and O–H groups in total. The van der Waals surface area contributed by atoms with Gasteiger partial charge in [-0.05, 0) is 79.3 Å². The Morgan fingerprint density at radius 1 is 0.976 bits per heavy atom. The topological polar surface area (TPSA) is 117 Å². The lowest BCUT2D eigenvalue weighted by atomic mass is 9.84. The minimum atomic E-state index is -0.987. The van der Waals surface area contributed by atoms with Crippen LogP contribution in [0.5, 0.6) is 11.5 Å². The Kier molecular flexibility index (Phi) is 9.17. The maximum Gasteiger partial charge on any atom is 0.335 e. The number of likely N-dealkylation sites (tertiary alicyclic amines) is 1. The molecule has 1 saturated heterocycles. The lowest BCUT2D eigenvalue weighted by Crippen LogP contribution is -2.46. The van der Waals surface area contributed by atoms with E-state index in [-0.39, 0.29) is 30.0 Å². The third-order valence-electron chi connectivity index (χ3n) is 8.02. The summed E-state index contributed by atoms with van der Waals surface area (Å²) >= 11 is 6.14. The normalized spacial score (nSPS) is 19.5. The molecule has 2 fully saturated rings. The van der Waals surface area contributed by atoms with Gasteiger partial charge in [0.25, 0.3) is 0 Å². The Hall–Kier alpha value is -4.24. The van der Waals surface area contributed by atoms with Gasteiger partial charge in [-0.1, -0.05) is 42.6 Å². The van der Waals surface area contributed by atoms with Crippen LogP contribution in [0, 0.1) is 5.92 Å². The summed E-state index contributed by atoms with van der Waals surface area (Å²) in [7, 11) is 1.52. The van der Waals surface area contributed by atoms with Crippen LogP contribution in [-0.4, -0.2) is 53.7 Å². The summed E-state index contributed by atoms with van der Waals surface area (Å²) in [4.78, 5) is 39.5. The molecule has 0 radical (unpaired) electrons. The van der Waals surface area contributed by atoms with Gasteiger partial charge in [-0.3, -0.25) is 4.79 Å². The number of ether oxygens (including phenoxy) is 2. The number of nitrogens with zero attached hydrogens (tertiary/aromatic N) is 1. The first-order chi connectivity index (χ1) is 20.3. The van der Waals surface area contributed by atoms with Crippen LogP contribution in [-0.2, 0) is 11.2 Å². The van der Waals surface area contributed by atoms with Crippen LogP contribution in [0.3, 0.4) is 0 Å². The van der Waals surface area contributed by atoms with Crippen molar-refractivity contribution in [2.45, 2.75) is 50.6 Å². The Bertz CT molecular complexity index is 1450. The van der Waals surface area contributed by atoms with E-state index in [2.05, 4.69) is 10.6 Å². The number of nitrogens with one attached hydrogen (secondary N) is 2. The van der Waals surface area contributed by atoms with Gasteiger partial charge in [-0.25, -0.2) is 9.59 Å². The zero-order valence-corrected chi connectivity index (χ0v) is 24.1. The van der Waals surface area contributed by atoms with Crippen LogP contribution < -0.4 is 20.1 Å². The molecule has 0 bridgehead atoms. The van der Waals surface area contributed by atoms with E-state index < -0.39 is 12.0 Å². The van der Waals surface area contributed by atoms with Crippen molar-refractivity contribution >= 4 is 40.9 Å². The summed E-state index contributed by atoms with van der Waals surface area (Å²) in [5.41, 5.74) is 1.92. The molecule has 42 heavy (non-hydrogen) atoms. The van der Waals surface area contributed by atoms with E-state index in [1.807, 2.05) is 11.0 Å². The van der Waals surface area contributed by atoms with Crippen molar-refractivity contribution in [1.29, 1.82) is 0 Å². The van der Waals surface area contributed by atoms with E-state index in [0.29, 0.717) is 40.4 Å². The number of fused-ring (bicyclic) bond motifs is 1. The first kappa shape index (κ1) is 29.3. The van der Waals surface area contributed by atoms with E-state index >= 15 is 0 Å². The smallest absolute Gasteiger partial charge is 0.335 e. The molecule has 2 aliphatic rings. The summed E-state index contributed by atoms with van der Waals surface area (Å²) < 4.78 is 11.6. The molecule has 5 rings (SSSR count). The van der Waals surface area contributed by atoms with Gasteiger partial charge in [-0.2, -0.15) is 0 Å². The van der Waals surface area contributed by atoms with E-state index in [1.165, 1.54) is 25.7 Å². The third-order valence-corrected chi connectivity index (χ3v) is 8.35. The van der Waals surface area contributed by atoms with E-state index in [0.717, 1.165) is 31.2 Å². The minimum Gasteiger partial charge on any atom is -0.495 e. The molecule has 3 aromatic carbocycles. The van der Waals surface area contributed by atoms with Crippen LogP contribution in [0.4, 0.5) is 16.2 Å². The fourth-order valence-electron chi connectivity index (χ4n) is 6.04. The van der Waals surface area contributed by atoms with Gasteiger partial charge in [0, 0.05) is 6.04 Å². The molecule has 3 amide bonds. The Labute approximate surface area is 249 Å². The predicted octanol–water partition coefficient (Wildman–Crippen LogP) is 6.47. The molecule has 1 saturated carbocycles. The zero-order chi connectivity index (χ0) is 29.6. The van der Waals surface area contributed by atoms with Gasteiger partial charge < -0.3 is 30.1 Å². The first-order valence-electron chi connectivity index (χ1n) is 14.1. The maximum atomic E-state index is 13.8. The summed E-state index contributed by atoms with van der Waals surface area (Å²) in [6, 6.07) is 18.2. The predicted molar refractivity (Wildman–Crippen MR) is 161 cm³/mol. The average Bonchev–Trinajstić information content (AvgIpc) is 3.37. The van der Waals surface area contributed by atoms with Crippen LogP contribution >= 0.6 is 11.6 Å². The lowest BCUT2D eigenvalue weighted by molar-refractivity contribution is -0.134. The number of methoxy groups -OCH3 is 1. The molecule has 10 heteroatoms. The Balaban J connectivity index is 1.26. The highest BCUT2D eigenvalue weighted by Gasteiger charge is 2.44. The molecule has 1 heterocycles. The molecular weight excluding hydrogens is 558 g/mol. The summed E-state index contributed by atoms with van der Waals surface area (Å²) in [5.74, 6) is 0.505. The van der Waals surface area contributed by atoms with Gasteiger partial charge in [-0.15, -0.1) is 0 Å². The number of anilines is 2. The highest BCUT2D eigenvalue weighted by molar-refractivity contribution is 6.33. The number of halogens is 1. The monoisotopic (exact) mass is 591 g/mol. The second-order valence-corrected chi connectivity index (χ2v) is 11.1. The van der Waals surface area contributed by atoms with Crippen LogP contribution in [0.15, 0.2) is 66.7 Å². The van der Waals surface area contributed by atoms with Crippen molar-refractivity contribution in [3.05, 3.63) is 82.9 Å². The maximum absolute atomic E-state index is 13.8. The first-order valence-corrected chi connectivity index (χ1v) is 14.5. The molecule has 3 unspecified atom stereocenters. The van der Waals surface area contributed by atoms with E-state index in [1.54, 1.807) is 48.5 Å². The standard InChI is InChI=1S/C32H34ClN3O6/c1-41-29-16-20(10-15-27(29)35-32(40)34-26-8-4-3-7-25(26)33)17-30(37)36-23(18-22-6-2-5-9-28(22)36)19-42-24-13-11-21(12-14-24)31(38)39/h3-4,7-8,10-16,22-23,28H,2,5-6,9,17-19H2,1H3,(H,38,39)(H2,34,35,40). The number of hydrogen-bond acceptors (Lipinski definition) is 5. The number of carboxylic acids is 1. The molecule has 0 spiro atoms. The van der Waals surface area contributed by atoms with Gasteiger partial charge in [0.1, 0.15) is 18.1 Å². The second-order valence-electron chi connectivity index (χ2n) is 10.7.